The molecule has 0 aliphatic heterocycles. The normalized spacial score (nSPS) is 15.6. The summed E-state index contributed by atoms with van der Waals surface area (Å²) in [5.41, 5.74) is 12.2. The van der Waals surface area contributed by atoms with Gasteiger partial charge in [0.05, 0.1) is 12.4 Å². The van der Waals surface area contributed by atoms with Crippen molar-refractivity contribution in [3.8, 4) is 11.1 Å². The van der Waals surface area contributed by atoms with Gasteiger partial charge in [0.2, 0.25) is 0 Å². The lowest BCUT2D eigenvalue weighted by atomic mass is 9.77. The fourth-order valence-corrected chi connectivity index (χ4v) is 3.62. The van der Waals surface area contributed by atoms with Crippen LogP contribution in [0.5, 0.6) is 0 Å². The van der Waals surface area contributed by atoms with Crippen LogP contribution in [0.2, 0.25) is 0 Å². The molecule has 0 heterocycles. The first kappa shape index (κ1) is 17.3. The largest absolute Gasteiger partial charge is 0.498 e. The van der Waals surface area contributed by atoms with E-state index in [1.54, 1.807) is 0 Å². The van der Waals surface area contributed by atoms with Gasteiger partial charge in [-0.15, -0.1) is 0 Å². The summed E-state index contributed by atoms with van der Waals surface area (Å²) in [6, 6.07) is 17.5. The summed E-state index contributed by atoms with van der Waals surface area (Å²) >= 11 is 0. The van der Waals surface area contributed by atoms with Crippen molar-refractivity contribution in [1.82, 2.24) is 0 Å². The summed E-state index contributed by atoms with van der Waals surface area (Å²) in [6.45, 7) is 7.04. The third-order valence-electron chi connectivity index (χ3n) is 5.21. The van der Waals surface area contributed by atoms with Crippen molar-refractivity contribution in [3.05, 3.63) is 83.3 Å². The van der Waals surface area contributed by atoms with Gasteiger partial charge in [-0.1, -0.05) is 62.4 Å². The molecular weight excluding hydrogens is 306 g/mol. The average molecular weight is 333 g/mol. The second-order valence-corrected chi connectivity index (χ2v) is 6.89. The Morgan fingerprint density at radius 1 is 1.00 bits per heavy atom. The number of hydrogen-bond donors (Lipinski definition) is 1. The third-order valence-corrected chi connectivity index (χ3v) is 5.21. The van der Waals surface area contributed by atoms with Crippen molar-refractivity contribution in [1.29, 1.82) is 0 Å². The lowest BCUT2D eigenvalue weighted by Crippen LogP contribution is -2.22. The zero-order chi connectivity index (χ0) is 17.9. The second kappa shape index (κ2) is 7.18. The van der Waals surface area contributed by atoms with E-state index < -0.39 is 0 Å². The van der Waals surface area contributed by atoms with Crippen LogP contribution in [0.15, 0.2) is 72.1 Å². The highest BCUT2D eigenvalue weighted by molar-refractivity contribution is 5.80. The minimum absolute atomic E-state index is 0.00818. The molecule has 2 N–H and O–H groups in total. The summed E-state index contributed by atoms with van der Waals surface area (Å²) < 4.78 is 5.96. The number of hydrogen-bond acceptors (Lipinski definition) is 2. The smallest absolute Gasteiger partial charge is 0.0929 e. The van der Waals surface area contributed by atoms with Gasteiger partial charge in [-0.2, -0.15) is 0 Å². The fraction of sp³-hybridized carbons (Fsp3) is 0.304. The van der Waals surface area contributed by atoms with Gasteiger partial charge in [0.1, 0.15) is 0 Å². The molecule has 2 aromatic carbocycles. The number of benzene rings is 2. The molecule has 25 heavy (non-hydrogen) atoms. The van der Waals surface area contributed by atoms with Gasteiger partial charge in [0.25, 0.3) is 0 Å². The number of rotatable bonds is 6. The lowest BCUT2D eigenvalue weighted by Gasteiger charge is -2.27. The first-order valence-electron chi connectivity index (χ1n) is 9.01. The van der Waals surface area contributed by atoms with Crippen LogP contribution >= 0.6 is 0 Å². The Hall–Kier alpha value is -2.48. The van der Waals surface area contributed by atoms with Crippen molar-refractivity contribution in [2.45, 2.75) is 39.0 Å². The van der Waals surface area contributed by atoms with Gasteiger partial charge in [0, 0.05) is 11.1 Å². The molecule has 0 saturated carbocycles. The molecule has 0 atom stereocenters. The van der Waals surface area contributed by atoms with Gasteiger partial charge in [-0.05, 0) is 54.2 Å². The fourth-order valence-electron chi connectivity index (χ4n) is 3.62. The summed E-state index contributed by atoms with van der Waals surface area (Å²) in [5.74, 6) is 0.902. The molecule has 2 heteroatoms. The maximum atomic E-state index is 5.96. The Morgan fingerprint density at radius 3 is 2.12 bits per heavy atom. The first-order chi connectivity index (χ1) is 12.1. The summed E-state index contributed by atoms with van der Waals surface area (Å²) in [4.78, 5) is 0. The van der Waals surface area contributed by atoms with Crippen molar-refractivity contribution in [2.75, 3.05) is 6.61 Å². The van der Waals surface area contributed by atoms with E-state index in [-0.39, 0.29) is 5.41 Å². The maximum Gasteiger partial charge on any atom is 0.0929 e. The molecule has 0 aromatic heterocycles. The summed E-state index contributed by atoms with van der Waals surface area (Å²) in [6.07, 6.45) is 5.68. The Labute approximate surface area is 151 Å². The molecule has 0 amide bonds. The zero-order valence-corrected chi connectivity index (χ0v) is 15.4. The topological polar surface area (TPSA) is 35.2 Å². The molecule has 0 fully saturated rings. The summed E-state index contributed by atoms with van der Waals surface area (Å²) in [7, 11) is 0. The van der Waals surface area contributed by atoms with Crippen LogP contribution in [-0.4, -0.2) is 6.61 Å². The maximum absolute atomic E-state index is 5.96. The third kappa shape index (κ3) is 3.34. The molecule has 130 valence electrons. The minimum atomic E-state index is -0.00818. The van der Waals surface area contributed by atoms with Crippen molar-refractivity contribution >= 4 is 0 Å². The predicted octanol–water partition coefficient (Wildman–Crippen LogP) is 5.54. The van der Waals surface area contributed by atoms with Gasteiger partial charge >= 0.3 is 0 Å². The lowest BCUT2D eigenvalue weighted by molar-refractivity contribution is 0.193. The van der Waals surface area contributed by atoms with Crippen molar-refractivity contribution < 1.29 is 4.74 Å². The SMILES string of the molecule is CC/C(N)=C\C=C(/C)OCCC1(C)c2ccccc2-c2ccccc21. The van der Waals surface area contributed by atoms with E-state index in [2.05, 4.69) is 55.5 Å². The molecule has 0 unspecified atom stereocenters. The first-order valence-corrected chi connectivity index (χ1v) is 9.01. The average Bonchev–Trinajstić information content (AvgIpc) is 2.90. The van der Waals surface area contributed by atoms with E-state index in [4.69, 9.17) is 10.5 Å². The van der Waals surface area contributed by atoms with Crippen LogP contribution in [-0.2, 0) is 10.2 Å². The van der Waals surface area contributed by atoms with Crippen LogP contribution in [0.1, 0.15) is 44.7 Å². The van der Waals surface area contributed by atoms with Crippen LogP contribution in [0.25, 0.3) is 11.1 Å². The number of allylic oxidation sites excluding steroid dienone is 4. The standard InChI is InChI=1S/C23H27NO/c1-4-18(24)14-13-17(2)25-16-15-23(3)21-11-7-5-9-19(21)20-10-6-8-12-22(20)23/h5-14H,4,15-16,24H2,1-3H3/b17-13+,18-14+. The molecular formula is C23H27NO. The van der Waals surface area contributed by atoms with E-state index in [0.717, 1.165) is 24.3 Å². The van der Waals surface area contributed by atoms with E-state index in [1.165, 1.54) is 22.3 Å². The van der Waals surface area contributed by atoms with E-state index in [1.807, 2.05) is 26.0 Å². The van der Waals surface area contributed by atoms with E-state index >= 15 is 0 Å². The molecule has 1 aliphatic carbocycles. The number of nitrogens with two attached hydrogens (primary N) is 1. The quantitative estimate of drug-likeness (QED) is 0.557. The summed E-state index contributed by atoms with van der Waals surface area (Å²) in [5, 5.41) is 0. The predicted molar refractivity (Wildman–Crippen MR) is 105 cm³/mol. The Kier molecular flexibility index (Phi) is 4.98. The molecule has 0 bridgehead atoms. The molecule has 2 nitrogen and oxygen atoms in total. The Balaban J connectivity index is 1.78. The zero-order valence-electron chi connectivity index (χ0n) is 15.4. The van der Waals surface area contributed by atoms with Crippen LogP contribution in [0.4, 0.5) is 0 Å². The molecule has 0 spiro atoms. The second-order valence-electron chi connectivity index (χ2n) is 6.89. The highest BCUT2D eigenvalue weighted by atomic mass is 16.5. The van der Waals surface area contributed by atoms with Gasteiger partial charge in [0.15, 0.2) is 0 Å². The van der Waals surface area contributed by atoms with E-state index in [0.29, 0.717) is 6.61 Å². The van der Waals surface area contributed by atoms with Gasteiger partial charge < -0.3 is 10.5 Å². The van der Waals surface area contributed by atoms with Crippen molar-refractivity contribution in [2.24, 2.45) is 5.73 Å². The monoisotopic (exact) mass is 333 g/mol. The molecule has 3 rings (SSSR count). The van der Waals surface area contributed by atoms with Gasteiger partial charge in [-0.25, -0.2) is 0 Å². The Morgan fingerprint density at radius 2 is 1.56 bits per heavy atom. The minimum Gasteiger partial charge on any atom is -0.498 e. The Bertz CT molecular complexity index is 771. The van der Waals surface area contributed by atoms with Crippen LogP contribution < -0.4 is 5.73 Å². The number of fused-ring (bicyclic) bond motifs is 3. The van der Waals surface area contributed by atoms with Crippen molar-refractivity contribution in [3.63, 3.8) is 0 Å². The van der Waals surface area contributed by atoms with Crippen LogP contribution in [0.3, 0.4) is 0 Å². The number of ether oxygens (including phenoxy) is 1. The molecule has 0 saturated heterocycles. The van der Waals surface area contributed by atoms with Gasteiger partial charge in [-0.3, -0.25) is 0 Å². The molecule has 2 aromatic rings. The highest BCUT2D eigenvalue weighted by Gasteiger charge is 2.38. The van der Waals surface area contributed by atoms with E-state index in [9.17, 15) is 0 Å². The van der Waals surface area contributed by atoms with Crippen LogP contribution in [0, 0.1) is 0 Å². The molecule has 0 radical (unpaired) electrons. The molecule has 1 aliphatic rings. The highest BCUT2D eigenvalue weighted by Crippen LogP contribution is 2.50.